The van der Waals surface area contributed by atoms with Crippen LogP contribution in [-0.2, 0) is 6.54 Å². The Morgan fingerprint density at radius 1 is 1.15 bits per heavy atom. The Bertz CT molecular complexity index is 1020. The van der Waals surface area contributed by atoms with E-state index in [9.17, 15) is 9.59 Å². The maximum absolute atomic E-state index is 12.7. The van der Waals surface area contributed by atoms with E-state index >= 15 is 0 Å². The van der Waals surface area contributed by atoms with Crippen LogP contribution in [0.2, 0.25) is 0 Å². The van der Waals surface area contributed by atoms with Crippen molar-refractivity contribution in [3.8, 4) is 0 Å². The van der Waals surface area contributed by atoms with Gasteiger partial charge in [0, 0.05) is 38.1 Å². The van der Waals surface area contributed by atoms with Crippen molar-refractivity contribution >= 4 is 11.6 Å². The summed E-state index contributed by atoms with van der Waals surface area (Å²) in [7, 11) is 0. The summed E-state index contributed by atoms with van der Waals surface area (Å²) in [5.41, 5.74) is 1.52. The number of nitrogens with one attached hydrogen (secondary N) is 1. The van der Waals surface area contributed by atoms with Gasteiger partial charge < -0.3 is 5.32 Å². The number of carbonyl (C=O) groups is 1. The Morgan fingerprint density at radius 2 is 1.93 bits per heavy atom. The third kappa shape index (κ3) is 3.61. The van der Waals surface area contributed by atoms with E-state index in [1.165, 1.54) is 16.2 Å². The van der Waals surface area contributed by atoms with E-state index in [1.807, 2.05) is 24.3 Å². The third-order valence-corrected chi connectivity index (χ3v) is 5.11. The number of hydrogen-bond donors (Lipinski definition) is 1. The number of pyridine rings is 1. The molecule has 3 heterocycles. The van der Waals surface area contributed by atoms with Crippen LogP contribution in [0.1, 0.15) is 22.8 Å². The molecule has 6 heteroatoms. The first-order chi connectivity index (χ1) is 13.1. The molecule has 0 bridgehead atoms. The van der Waals surface area contributed by atoms with Gasteiger partial charge in [0.2, 0.25) is 0 Å². The Balaban J connectivity index is 1.47. The van der Waals surface area contributed by atoms with Gasteiger partial charge in [-0.25, -0.2) is 4.98 Å². The lowest BCUT2D eigenvalue weighted by molar-refractivity contribution is 0.0929. The molecule has 2 aromatic heterocycles. The zero-order valence-electron chi connectivity index (χ0n) is 15.2. The molecule has 4 rings (SSSR count). The van der Waals surface area contributed by atoms with E-state index in [4.69, 9.17) is 0 Å². The van der Waals surface area contributed by atoms with E-state index < -0.39 is 0 Å². The number of rotatable bonds is 4. The second-order valence-corrected chi connectivity index (χ2v) is 7.14. The molecule has 1 aromatic carbocycles. The van der Waals surface area contributed by atoms with Gasteiger partial charge in [-0.2, -0.15) is 0 Å². The van der Waals surface area contributed by atoms with Crippen LogP contribution in [0.3, 0.4) is 0 Å². The average Bonchev–Trinajstić information content (AvgIpc) is 3.01. The molecule has 138 valence electrons. The summed E-state index contributed by atoms with van der Waals surface area (Å²) in [6.45, 7) is 4.66. The summed E-state index contributed by atoms with van der Waals surface area (Å²) in [6, 6.07) is 15.6. The Morgan fingerprint density at radius 3 is 2.74 bits per heavy atom. The number of hydrogen-bond acceptors (Lipinski definition) is 4. The van der Waals surface area contributed by atoms with Crippen LogP contribution in [0, 0.1) is 5.92 Å². The maximum Gasteiger partial charge on any atom is 0.270 e. The van der Waals surface area contributed by atoms with Gasteiger partial charge in [0.1, 0.15) is 11.2 Å². The number of fused-ring (bicyclic) bond motifs is 1. The molecule has 1 aliphatic heterocycles. The van der Waals surface area contributed by atoms with Crippen LogP contribution in [0.15, 0.2) is 65.7 Å². The van der Waals surface area contributed by atoms with Crippen LogP contribution in [0.4, 0.5) is 0 Å². The van der Waals surface area contributed by atoms with Crippen molar-refractivity contribution in [2.45, 2.75) is 19.5 Å². The number of amides is 1. The van der Waals surface area contributed by atoms with Gasteiger partial charge in [-0.3, -0.25) is 18.9 Å². The quantitative estimate of drug-likeness (QED) is 0.770. The normalized spacial score (nSPS) is 20.0. The molecule has 27 heavy (non-hydrogen) atoms. The number of benzene rings is 1. The summed E-state index contributed by atoms with van der Waals surface area (Å²) in [6.07, 6.45) is 3.00. The maximum atomic E-state index is 12.7. The predicted molar refractivity (Wildman–Crippen MR) is 104 cm³/mol. The van der Waals surface area contributed by atoms with Gasteiger partial charge in [0.05, 0.1) is 0 Å². The highest BCUT2D eigenvalue weighted by molar-refractivity contribution is 5.94. The van der Waals surface area contributed by atoms with Crippen LogP contribution >= 0.6 is 0 Å². The van der Waals surface area contributed by atoms with Crippen molar-refractivity contribution in [1.29, 1.82) is 0 Å². The molecule has 0 unspecified atom stereocenters. The van der Waals surface area contributed by atoms with Crippen molar-refractivity contribution < 1.29 is 4.79 Å². The number of carbonyl (C=O) groups excluding carboxylic acids is 1. The van der Waals surface area contributed by atoms with Gasteiger partial charge >= 0.3 is 0 Å². The summed E-state index contributed by atoms with van der Waals surface area (Å²) < 4.78 is 1.40. The van der Waals surface area contributed by atoms with Crippen LogP contribution in [0.5, 0.6) is 0 Å². The Hall–Kier alpha value is -2.99. The van der Waals surface area contributed by atoms with Crippen molar-refractivity contribution in [2.75, 3.05) is 13.1 Å². The molecule has 0 saturated carbocycles. The number of likely N-dealkylation sites (tertiary alicyclic amines) is 1. The molecule has 6 nitrogen and oxygen atoms in total. The lowest BCUT2D eigenvalue weighted by atomic mass is 10.1. The largest absolute Gasteiger partial charge is 0.347 e. The summed E-state index contributed by atoms with van der Waals surface area (Å²) in [4.78, 5) is 31.8. The molecule has 1 aliphatic rings. The lowest BCUT2D eigenvalue weighted by Gasteiger charge is -2.17. The van der Waals surface area contributed by atoms with Gasteiger partial charge in [-0.15, -0.1) is 0 Å². The molecule has 0 aliphatic carbocycles. The topological polar surface area (TPSA) is 66.7 Å². The molecular weight excluding hydrogens is 340 g/mol. The van der Waals surface area contributed by atoms with Gasteiger partial charge in [-0.1, -0.05) is 43.3 Å². The molecule has 1 N–H and O–H groups in total. The van der Waals surface area contributed by atoms with E-state index in [2.05, 4.69) is 34.3 Å². The third-order valence-electron chi connectivity index (χ3n) is 5.11. The van der Waals surface area contributed by atoms with Crippen LogP contribution in [-0.4, -0.2) is 39.3 Å². The molecule has 1 saturated heterocycles. The van der Waals surface area contributed by atoms with E-state index in [0.717, 1.165) is 19.6 Å². The zero-order chi connectivity index (χ0) is 18.8. The minimum Gasteiger partial charge on any atom is -0.347 e. The fourth-order valence-electron chi connectivity index (χ4n) is 3.65. The van der Waals surface area contributed by atoms with Gasteiger partial charge in [0.25, 0.3) is 11.5 Å². The van der Waals surface area contributed by atoms with Crippen molar-refractivity contribution in [1.82, 2.24) is 19.6 Å². The molecule has 2 atom stereocenters. The van der Waals surface area contributed by atoms with Crippen LogP contribution in [0.25, 0.3) is 5.65 Å². The smallest absolute Gasteiger partial charge is 0.270 e. The Kier molecular flexibility index (Phi) is 4.73. The molecule has 3 aromatic rings. The molecule has 1 fully saturated rings. The highest BCUT2D eigenvalue weighted by atomic mass is 16.2. The second kappa shape index (κ2) is 7.32. The van der Waals surface area contributed by atoms with Crippen molar-refractivity contribution in [3.63, 3.8) is 0 Å². The summed E-state index contributed by atoms with van der Waals surface area (Å²) >= 11 is 0. The molecule has 0 spiro atoms. The number of aromatic nitrogens is 2. The van der Waals surface area contributed by atoms with Gasteiger partial charge in [-0.05, 0) is 23.6 Å². The molecular formula is C21H22N4O2. The van der Waals surface area contributed by atoms with E-state index in [-0.39, 0.29) is 23.1 Å². The SMILES string of the molecule is C[C@@H]1CN(Cc2ccccc2)C[C@@H]1NC(=O)c1cnc2ccccn2c1=O. The zero-order valence-corrected chi connectivity index (χ0v) is 15.2. The minimum absolute atomic E-state index is 0.0112. The first kappa shape index (κ1) is 17.4. The molecule has 0 radical (unpaired) electrons. The fourth-order valence-corrected chi connectivity index (χ4v) is 3.65. The summed E-state index contributed by atoms with van der Waals surface area (Å²) in [5, 5.41) is 3.03. The van der Waals surface area contributed by atoms with Crippen molar-refractivity contribution in [3.05, 3.63) is 82.4 Å². The van der Waals surface area contributed by atoms with Crippen LogP contribution < -0.4 is 10.9 Å². The minimum atomic E-state index is -0.357. The predicted octanol–water partition coefficient (Wildman–Crippen LogP) is 1.94. The molecule has 1 amide bonds. The van der Waals surface area contributed by atoms with E-state index in [1.54, 1.807) is 18.3 Å². The fraction of sp³-hybridized carbons (Fsp3) is 0.286. The standard InChI is InChI=1S/C21H22N4O2/c1-15-12-24(13-16-7-3-2-4-8-16)14-18(15)23-20(26)17-11-22-19-9-5-6-10-25(19)21(17)27/h2-11,15,18H,12-14H2,1H3,(H,23,26)/t15-,18+/m1/s1. The van der Waals surface area contributed by atoms with Crippen molar-refractivity contribution in [2.24, 2.45) is 5.92 Å². The summed E-state index contributed by atoms with van der Waals surface area (Å²) in [5.74, 6) is -0.0435. The highest BCUT2D eigenvalue weighted by Gasteiger charge is 2.31. The first-order valence-corrected chi connectivity index (χ1v) is 9.15. The number of nitrogens with zero attached hydrogens (tertiary/aromatic N) is 3. The monoisotopic (exact) mass is 362 g/mol. The second-order valence-electron chi connectivity index (χ2n) is 7.14. The first-order valence-electron chi connectivity index (χ1n) is 9.15. The Labute approximate surface area is 157 Å². The average molecular weight is 362 g/mol. The van der Waals surface area contributed by atoms with Gasteiger partial charge in [0.15, 0.2) is 0 Å². The lowest BCUT2D eigenvalue weighted by Crippen LogP contribution is -2.42. The highest BCUT2D eigenvalue weighted by Crippen LogP contribution is 2.19. The van der Waals surface area contributed by atoms with E-state index in [0.29, 0.717) is 11.6 Å².